The van der Waals surface area contributed by atoms with Gasteiger partial charge >= 0.3 is 0 Å². The van der Waals surface area contributed by atoms with Gasteiger partial charge in [0.15, 0.2) is 0 Å². The summed E-state index contributed by atoms with van der Waals surface area (Å²) < 4.78 is 31.8. The van der Waals surface area contributed by atoms with Gasteiger partial charge in [-0.15, -0.1) is 0 Å². The number of rotatable bonds is 11. The van der Waals surface area contributed by atoms with Crippen LogP contribution in [0.1, 0.15) is 48.2 Å². The number of sulfonamides is 1. The van der Waals surface area contributed by atoms with E-state index in [1.54, 1.807) is 45.2 Å². The molecule has 0 bridgehead atoms. The van der Waals surface area contributed by atoms with Crippen molar-refractivity contribution in [3.63, 3.8) is 0 Å². The predicted octanol–water partition coefficient (Wildman–Crippen LogP) is 4.77. The molecule has 0 saturated carbocycles. The summed E-state index contributed by atoms with van der Waals surface area (Å²) in [6.07, 6.45) is 0.741. The Bertz CT molecular complexity index is 1200. The van der Waals surface area contributed by atoms with Crippen molar-refractivity contribution in [2.45, 2.75) is 38.4 Å². The topological polar surface area (TPSA) is 84.5 Å². The summed E-state index contributed by atoms with van der Waals surface area (Å²) in [6.45, 7) is 6.29. The minimum Gasteiger partial charge on any atom is -0.497 e. The summed E-state index contributed by atoms with van der Waals surface area (Å²) in [5.74, 6) is 0.698. The lowest BCUT2D eigenvalue weighted by Gasteiger charge is -2.15. The van der Waals surface area contributed by atoms with Crippen LogP contribution in [0.25, 0.3) is 11.1 Å². The quantitative estimate of drug-likeness (QED) is 0.402. The van der Waals surface area contributed by atoms with E-state index in [1.807, 2.05) is 19.1 Å². The molecule has 0 aromatic heterocycles. The highest BCUT2D eigenvalue weighted by molar-refractivity contribution is 7.90. The van der Waals surface area contributed by atoms with Gasteiger partial charge in [0, 0.05) is 18.7 Å². The van der Waals surface area contributed by atoms with Crippen LogP contribution >= 0.6 is 0 Å². The van der Waals surface area contributed by atoms with Crippen LogP contribution in [0.3, 0.4) is 0 Å². The van der Waals surface area contributed by atoms with Crippen LogP contribution in [0.15, 0.2) is 72.8 Å². The molecule has 3 rings (SSSR count). The molecule has 0 spiro atoms. The molecule has 1 atom stereocenters. The van der Waals surface area contributed by atoms with E-state index >= 15 is 0 Å². The molecule has 2 N–H and O–H groups in total. The molecule has 0 aliphatic rings. The van der Waals surface area contributed by atoms with Crippen molar-refractivity contribution in [2.75, 3.05) is 20.2 Å². The van der Waals surface area contributed by atoms with E-state index in [-0.39, 0.29) is 11.8 Å². The average Bonchev–Trinajstić information content (AvgIpc) is 2.87. The van der Waals surface area contributed by atoms with Crippen LogP contribution in [0, 0.1) is 0 Å². The van der Waals surface area contributed by atoms with Crippen molar-refractivity contribution in [1.29, 1.82) is 0 Å². The Labute approximate surface area is 208 Å². The highest BCUT2D eigenvalue weighted by Crippen LogP contribution is 2.23. The molecule has 6 nitrogen and oxygen atoms in total. The summed E-state index contributed by atoms with van der Waals surface area (Å²) in [5.41, 5.74) is 5.05. The first kappa shape index (κ1) is 26.4. The SMILES string of the molecule is COc1ccc(C(=O)NCCc2ccc(-c3ccc(C(C)CNS(=O)(=O)C(C)C)cc3)cc2)cc1. The minimum absolute atomic E-state index is 0.0769. The maximum Gasteiger partial charge on any atom is 0.251 e. The molecule has 7 heteroatoms. The molecule has 0 heterocycles. The molecule has 0 saturated heterocycles. The van der Waals surface area contributed by atoms with Crippen molar-refractivity contribution < 1.29 is 17.9 Å². The molecule has 0 radical (unpaired) electrons. The van der Waals surface area contributed by atoms with E-state index in [0.717, 1.165) is 34.4 Å². The third-order valence-corrected chi connectivity index (χ3v) is 7.84. The van der Waals surface area contributed by atoms with Crippen LogP contribution in [0.5, 0.6) is 5.75 Å². The molecule has 1 amide bonds. The third-order valence-electron chi connectivity index (χ3n) is 6.03. The Balaban J connectivity index is 1.51. The van der Waals surface area contributed by atoms with Crippen LogP contribution in [-0.2, 0) is 16.4 Å². The lowest BCUT2D eigenvalue weighted by atomic mass is 9.97. The monoisotopic (exact) mass is 494 g/mol. The smallest absolute Gasteiger partial charge is 0.251 e. The number of carbonyl (C=O) groups excluding carboxylic acids is 1. The Morgan fingerprint density at radius 2 is 1.43 bits per heavy atom. The van der Waals surface area contributed by atoms with Crippen molar-refractivity contribution >= 4 is 15.9 Å². The summed E-state index contributed by atoms with van der Waals surface area (Å²) >= 11 is 0. The molecule has 3 aromatic rings. The van der Waals surface area contributed by atoms with E-state index in [1.165, 1.54) is 0 Å². The van der Waals surface area contributed by atoms with E-state index in [4.69, 9.17) is 4.74 Å². The third kappa shape index (κ3) is 7.41. The Morgan fingerprint density at radius 1 is 0.857 bits per heavy atom. The Morgan fingerprint density at radius 3 is 1.97 bits per heavy atom. The summed E-state index contributed by atoms with van der Waals surface area (Å²) in [5, 5.41) is 2.51. The molecule has 0 aliphatic heterocycles. The summed E-state index contributed by atoms with van der Waals surface area (Å²) in [4.78, 5) is 12.3. The van der Waals surface area contributed by atoms with Crippen molar-refractivity contribution in [3.05, 3.63) is 89.5 Å². The summed E-state index contributed by atoms with van der Waals surface area (Å²) in [6, 6.07) is 23.6. The van der Waals surface area contributed by atoms with Crippen molar-refractivity contribution in [1.82, 2.24) is 10.0 Å². The zero-order chi connectivity index (χ0) is 25.4. The second-order valence-electron chi connectivity index (χ2n) is 8.90. The fourth-order valence-corrected chi connectivity index (χ4v) is 4.37. The van der Waals surface area contributed by atoms with Gasteiger partial charge in [-0.3, -0.25) is 4.79 Å². The maximum absolute atomic E-state index is 12.3. The van der Waals surface area contributed by atoms with Crippen LogP contribution in [0.2, 0.25) is 0 Å². The molecule has 3 aromatic carbocycles. The predicted molar refractivity (Wildman–Crippen MR) is 141 cm³/mol. The van der Waals surface area contributed by atoms with Crippen LogP contribution < -0.4 is 14.8 Å². The zero-order valence-corrected chi connectivity index (χ0v) is 21.6. The lowest BCUT2D eigenvalue weighted by molar-refractivity contribution is 0.0954. The molecule has 35 heavy (non-hydrogen) atoms. The van der Waals surface area contributed by atoms with Crippen molar-refractivity contribution in [3.8, 4) is 16.9 Å². The van der Waals surface area contributed by atoms with E-state index in [2.05, 4.69) is 46.4 Å². The van der Waals surface area contributed by atoms with Gasteiger partial charge in [-0.2, -0.15) is 0 Å². The van der Waals surface area contributed by atoms with Gasteiger partial charge in [0.05, 0.1) is 12.4 Å². The normalized spacial score (nSPS) is 12.4. The van der Waals surface area contributed by atoms with Crippen LogP contribution in [0.4, 0.5) is 0 Å². The maximum atomic E-state index is 12.3. The first-order valence-corrected chi connectivity index (χ1v) is 13.3. The van der Waals surface area contributed by atoms with Gasteiger partial charge in [0.1, 0.15) is 5.75 Å². The van der Waals surface area contributed by atoms with Gasteiger partial charge < -0.3 is 10.1 Å². The summed E-state index contributed by atoms with van der Waals surface area (Å²) in [7, 11) is -1.67. The second kappa shape index (κ2) is 12.0. The number of carbonyl (C=O) groups is 1. The van der Waals surface area contributed by atoms with Gasteiger partial charge in [-0.1, -0.05) is 55.5 Å². The largest absolute Gasteiger partial charge is 0.497 e. The van der Waals surface area contributed by atoms with Gasteiger partial charge in [0.2, 0.25) is 10.0 Å². The first-order valence-electron chi connectivity index (χ1n) is 11.8. The zero-order valence-electron chi connectivity index (χ0n) is 20.7. The van der Waals surface area contributed by atoms with Crippen LogP contribution in [-0.4, -0.2) is 39.8 Å². The highest BCUT2D eigenvalue weighted by atomic mass is 32.2. The fourth-order valence-electron chi connectivity index (χ4n) is 3.56. The number of benzene rings is 3. The molecule has 1 unspecified atom stereocenters. The molecule has 186 valence electrons. The lowest BCUT2D eigenvalue weighted by Crippen LogP contribution is -2.33. The standard InChI is InChI=1S/C28H34N2O4S/c1-20(2)35(32,33)30-19-21(3)23-9-11-25(12-10-23)24-7-5-22(6-8-24)17-18-29-28(31)26-13-15-27(34-4)16-14-26/h5-16,20-21,30H,17-19H2,1-4H3,(H,29,31). The first-order chi connectivity index (χ1) is 16.7. The number of amides is 1. The molecular formula is C28H34N2O4S. The Hall–Kier alpha value is -3.16. The Kier molecular flexibility index (Phi) is 9.07. The molecule has 0 aliphatic carbocycles. The molecule has 0 fully saturated rings. The number of methoxy groups -OCH3 is 1. The van der Waals surface area contributed by atoms with Gasteiger partial charge in [-0.25, -0.2) is 13.1 Å². The van der Waals surface area contributed by atoms with Crippen molar-refractivity contribution in [2.24, 2.45) is 0 Å². The van der Waals surface area contributed by atoms with Gasteiger partial charge in [0.25, 0.3) is 5.91 Å². The number of hydrogen-bond acceptors (Lipinski definition) is 4. The number of ether oxygens (including phenoxy) is 1. The second-order valence-corrected chi connectivity index (χ2v) is 11.2. The van der Waals surface area contributed by atoms with Gasteiger partial charge in [-0.05, 0) is 72.7 Å². The molecular weight excluding hydrogens is 460 g/mol. The van der Waals surface area contributed by atoms with E-state index in [0.29, 0.717) is 18.7 Å². The average molecular weight is 495 g/mol. The van der Waals surface area contributed by atoms with E-state index in [9.17, 15) is 13.2 Å². The number of hydrogen-bond donors (Lipinski definition) is 2. The van der Waals surface area contributed by atoms with E-state index < -0.39 is 15.3 Å². The minimum atomic E-state index is -3.26. The number of nitrogens with one attached hydrogen (secondary N) is 2. The fraction of sp³-hybridized carbons (Fsp3) is 0.321. The highest BCUT2D eigenvalue weighted by Gasteiger charge is 2.17.